The summed E-state index contributed by atoms with van der Waals surface area (Å²) >= 11 is 12.0. The first-order valence-corrected chi connectivity index (χ1v) is 10.6. The molecule has 5 nitrogen and oxygen atoms in total. The van der Waals surface area contributed by atoms with Crippen LogP contribution in [-0.4, -0.2) is 27.1 Å². The molecule has 8 heteroatoms. The van der Waals surface area contributed by atoms with Crippen LogP contribution in [0.2, 0.25) is 10.0 Å². The molecule has 0 fully saturated rings. The minimum absolute atomic E-state index is 0.179. The van der Waals surface area contributed by atoms with Crippen molar-refractivity contribution >= 4 is 50.5 Å². The molecule has 2 aromatic rings. The normalized spacial score (nSPS) is 11.2. The second-order valence-electron chi connectivity index (χ2n) is 5.93. The van der Waals surface area contributed by atoms with Gasteiger partial charge in [-0.05, 0) is 49.2 Å². The van der Waals surface area contributed by atoms with Crippen LogP contribution in [0.4, 0.5) is 11.4 Å². The fourth-order valence-corrected chi connectivity index (χ4v) is 3.72. The molecule has 1 N–H and O–H groups in total. The lowest BCUT2D eigenvalue weighted by atomic mass is 10.2. The molecule has 2 aromatic carbocycles. The number of hydrogen-bond acceptors (Lipinski definition) is 3. The summed E-state index contributed by atoms with van der Waals surface area (Å²) in [4.78, 5) is 12.1. The first kappa shape index (κ1) is 20.6. The Bertz CT molecular complexity index is 901. The zero-order chi connectivity index (χ0) is 19.3. The highest BCUT2D eigenvalue weighted by molar-refractivity contribution is 7.92. The van der Waals surface area contributed by atoms with Crippen molar-refractivity contribution in [2.75, 3.05) is 22.4 Å². The molecule has 0 saturated heterocycles. The number of aryl methyl sites for hydroxylation is 1. The minimum Gasteiger partial charge on any atom is -0.326 e. The number of hydrogen-bond donors (Lipinski definition) is 1. The maximum Gasteiger partial charge on any atom is 0.232 e. The van der Waals surface area contributed by atoms with Gasteiger partial charge in [-0.15, -0.1) is 0 Å². The molecule has 0 aliphatic heterocycles. The second-order valence-corrected chi connectivity index (χ2v) is 8.68. The van der Waals surface area contributed by atoms with Crippen LogP contribution >= 0.6 is 23.2 Å². The number of carbonyl (C=O) groups is 1. The van der Waals surface area contributed by atoms with E-state index in [1.54, 1.807) is 36.4 Å². The van der Waals surface area contributed by atoms with Crippen LogP contribution in [0.15, 0.2) is 42.5 Å². The number of anilines is 2. The molecule has 0 aromatic heterocycles. The minimum atomic E-state index is -3.48. The van der Waals surface area contributed by atoms with Crippen LogP contribution in [0, 0.1) is 6.92 Å². The number of nitrogens with zero attached hydrogens (tertiary/aromatic N) is 1. The highest BCUT2D eigenvalue weighted by atomic mass is 35.5. The molecule has 0 heterocycles. The molecule has 0 aliphatic carbocycles. The Balaban J connectivity index is 1.96. The maximum absolute atomic E-state index is 12.1. The van der Waals surface area contributed by atoms with E-state index in [4.69, 9.17) is 23.2 Å². The molecule has 0 radical (unpaired) electrons. The predicted octanol–water partition coefficient (Wildman–Crippen LogP) is 4.49. The van der Waals surface area contributed by atoms with Crippen molar-refractivity contribution in [1.29, 1.82) is 0 Å². The number of rotatable bonds is 7. The molecular formula is C18H20Cl2N2O3S. The monoisotopic (exact) mass is 414 g/mol. The van der Waals surface area contributed by atoms with Gasteiger partial charge in [-0.25, -0.2) is 8.42 Å². The van der Waals surface area contributed by atoms with Gasteiger partial charge < -0.3 is 5.32 Å². The van der Waals surface area contributed by atoms with Gasteiger partial charge in [0.2, 0.25) is 15.9 Å². The topological polar surface area (TPSA) is 66.5 Å². The van der Waals surface area contributed by atoms with E-state index in [0.29, 0.717) is 27.8 Å². The molecule has 0 spiro atoms. The molecule has 1 amide bonds. The number of amides is 1. The lowest BCUT2D eigenvalue weighted by molar-refractivity contribution is -0.116. The van der Waals surface area contributed by atoms with Gasteiger partial charge in [-0.1, -0.05) is 35.3 Å². The molecular weight excluding hydrogens is 395 g/mol. The van der Waals surface area contributed by atoms with Crippen molar-refractivity contribution in [3.8, 4) is 0 Å². The molecule has 0 bridgehead atoms. The zero-order valence-corrected chi connectivity index (χ0v) is 16.8. The lowest BCUT2D eigenvalue weighted by Crippen LogP contribution is -2.31. The van der Waals surface area contributed by atoms with Crippen molar-refractivity contribution in [1.82, 2.24) is 0 Å². The Morgan fingerprint density at radius 3 is 2.50 bits per heavy atom. The molecule has 0 aliphatic rings. The van der Waals surface area contributed by atoms with Crippen LogP contribution in [-0.2, 0) is 14.8 Å². The summed E-state index contributed by atoms with van der Waals surface area (Å²) in [5.41, 5.74) is 2.01. The van der Waals surface area contributed by atoms with Crippen molar-refractivity contribution < 1.29 is 13.2 Å². The van der Waals surface area contributed by atoms with Crippen molar-refractivity contribution in [3.63, 3.8) is 0 Å². The van der Waals surface area contributed by atoms with Crippen LogP contribution in [0.1, 0.15) is 18.4 Å². The van der Waals surface area contributed by atoms with E-state index in [-0.39, 0.29) is 18.9 Å². The summed E-state index contributed by atoms with van der Waals surface area (Å²) in [5, 5.41) is 3.78. The van der Waals surface area contributed by atoms with E-state index in [0.717, 1.165) is 11.8 Å². The third kappa shape index (κ3) is 5.90. The number of benzene rings is 2. The quantitative estimate of drug-likeness (QED) is 0.725. The average Bonchev–Trinajstić information content (AvgIpc) is 2.54. The van der Waals surface area contributed by atoms with Crippen LogP contribution < -0.4 is 9.62 Å². The Labute approximate surface area is 164 Å². The Kier molecular flexibility index (Phi) is 6.92. The summed E-state index contributed by atoms with van der Waals surface area (Å²) in [7, 11) is -3.48. The first-order valence-electron chi connectivity index (χ1n) is 7.96. The smallest absolute Gasteiger partial charge is 0.232 e. The maximum atomic E-state index is 12.1. The summed E-state index contributed by atoms with van der Waals surface area (Å²) in [5.74, 6) is -0.204. The fraction of sp³-hybridized carbons (Fsp3) is 0.278. The van der Waals surface area contributed by atoms with E-state index in [1.807, 2.05) is 13.0 Å². The van der Waals surface area contributed by atoms with Gasteiger partial charge in [0.1, 0.15) is 0 Å². The number of halogens is 2. The number of sulfonamides is 1. The second kappa shape index (κ2) is 8.75. The SMILES string of the molecule is Cc1ccc(NC(=O)CCCN(c2cccc(Cl)c2)S(C)(=O)=O)cc1Cl. The van der Waals surface area contributed by atoms with E-state index >= 15 is 0 Å². The number of carbonyl (C=O) groups excluding carboxylic acids is 1. The molecule has 0 unspecified atom stereocenters. The van der Waals surface area contributed by atoms with Crippen LogP contribution in [0.25, 0.3) is 0 Å². The molecule has 0 atom stereocenters. The van der Waals surface area contributed by atoms with E-state index in [9.17, 15) is 13.2 Å². The van der Waals surface area contributed by atoms with Crippen LogP contribution in [0.5, 0.6) is 0 Å². The van der Waals surface area contributed by atoms with Gasteiger partial charge in [0.25, 0.3) is 0 Å². The predicted molar refractivity (Wildman–Crippen MR) is 108 cm³/mol. The largest absolute Gasteiger partial charge is 0.326 e. The summed E-state index contributed by atoms with van der Waals surface area (Å²) in [6.45, 7) is 2.06. The van der Waals surface area contributed by atoms with Gasteiger partial charge >= 0.3 is 0 Å². The molecule has 140 valence electrons. The average molecular weight is 415 g/mol. The summed E-state index contributed by atoms with van der Waals surface area (Å²) in [6.07, 6.45) is 1.67. The molecule has 0 saturated carbocycles. The molecule has 2 rings (SSSR count). The van der Waals surface area contributed by atoms with Gasteiger partial charge in [0, 0.05) is 28.7 Å². The van der Waals surface area contributed by atoms with E-state index in [2.05, 4.69) is 5.32 Å². The first-order chi connectivity index (χ1) is 12.2. The zero-order valence-electron chi connectivity index (χ0n) is 14.5. The van der Waals surface area contributed by atoms with Crippen LogP contribution in [0.3, 0.4) is 0 Å². The van der Waals surface area contributed by atoms with Crippen molar-refractivity contribution in [2.45, 2.75) is 19.8 Å². The van der Waals surface area contributed by atoms with Crippen molar-refractivity contribution in [3.05, 3.63) is 58.1 Å². The van der Waals surface area contributed by atoms with Gasteiger partial charge in [-0.2, -0.15) is 0 Å². The lowest BCUT2D eigenvalue weighted by Gasteiger charge is -2.22. The third-order valence-corrected chi connectivity index (χ3v) is 5.55. The highest BCUT2D eigenvalue weighted by Crippen LogP contribution is 2.23. The van der Waals surface area contributed by atoms with Gasteiger partial charge in [0.15, 0.2) is 0 Å². The Morgan fingerprint density at radius 1 is 1.15 bits per heavy atom. The standard InChI is InChI=1S/C18H20Cl2N2O3S/c1-13-8-9-15(12-17(13)20)21-18(23)7-4-10-22(26(2,24)25)16-6-3-5-14(19)11-16/h3,5-6,8-9,11-12H,4,7,10H2,1-2H3,(H,21,23). The number of nitrogens with one attached hydrogen (secondary N) is 1. The fourth-order valence-electron chi connectivity index (χ4n) is 2.39. The third-order valence-electron chi connectivity index (χ3n) is 3.72. The Morgan fingerprint density at radius 2 is 1.88 bits per heavy atom. The summed E-state index contributed by atoms with van der Waals surface area (Å²) < 4.78 is 25.3. The highest BCUT2D eigenvalue weighted by Gasteiger charge is 2.18. The van der Waals surface area contributed by atoms with Gasteiger partial charge in [0.05, 0.1) is 11.9 Å². The van der Waals surface area contributed by atoms with Gasteiger partial charge in [-0.3, -0.25) is 9.10 Å². The van der Waals surface area contributed by atoms with Crippen molar-refractivity contribution in [2.24, 2.45) is 0 Å². The molecule has 26 heavy (non-hydrogen) atoms. The summed E-state index contributed by atoms with van der Waals surface area (Å²) in [6, 6.07) is 11.9. The van der Waals surface area contributed by atoms with E-state index < -0.39 is 10.0 Å². The Hall–Kier alpha value is -1.76. The van der Waals surface area contributed by atoms with E-state index in [1.165, 1.54) is 4.31 Å².